The fraction of sp³-hybridized carbons (Fsp3) is 0.417. The molecule has 0 aromatic carbocycles. The number of hydrogen-bond donors (Lipinski definition) is 1. The van der Waals surface area contributed by atoms with E-state index in [1.807, 2.05) is 0 Å². The monoisotopic (exact) mass is 239 g/mol. The Labute approximate surface area is 100 Å². The lowest BCUT2D eigenvalue weighted by molar-refractivity contribution is -0.138. The van der Waals surface area contributed by atoms with Crippen LogP contribution in [0.25, 0.3) is 0 Å². The van der Waals surface area contributed by atoms with Crippen LogP contribution in [0.15, 0.2) is 29.0 Å². The van der Waals surface area contributed by atoms with Gasteiger partial charge in [-0.1, -0.05) is 6.58 Å². The molecule has 0 amide bonds. The minimum absolute atomic E-state index is 0.314. The summed E-state index contributed by atoms with van der Waals surface area (Å²) in [5.41, 5.74) is 1.80. The molecule has 1 aromatic heterocycles. The molecular formula is C12H17NO2S. The predicted octanol–water partition coefficient (Wildman–Crippen LogP) is 2.00. The van der Waals surface area contributed by atoms with Gasteiger partial charge in [-0.25, -0.2) is 4.79 Å². The number of thiophene rings is 1. The second-order valence-electron chi connectivity index (χ2n) is 3.38. The maximum absolute atomic E-state index is 11.2. The highest BCUT2D eigenvalue weighted by Crippen LogP contribution is 2.05. The van der Waals surface area contributed by atoms with Crippen molar-refractivity contribution in [2.45, 2.75) is 13.3 Å². The summed E-state index contributed by atoms with van der Waals surface area (Å²) >= 11 is 1.70. The largest absolute Gasteiger partial charge is 0.463 e. The summed E-state index contributed by atoms with van der Waals surface area (Å²) in [6.07, 6.45) is 0.972. The predicted molar refractivity (Wildman–Crippen MR) is 66.7 cm³/mol. The molecule has 16 heavy (non-hydrogen) atoms. The quantitative estimate of drug-likeness (QED) is 0.449. The third-order valence-electron chi connectivity index (χ3n) is 2.07. The number of ether oxygens (including phenoxy) is 1. The van der Waals surface area contributed by atoms with Crippen molar-refractivity contribution in [1.82, 2.24) is 5.32 Å². The Morgan fingerprint density at radius 2 is 2.44 bits per heavy atom. The molecule has 1 rings (SSSR count). The van der Waals surface area contributed by atoms with E-state index in [9.17, 15) is 4.79 Å². The molecule has 0 aliphatic heterocycles. The molecule has 0 unspecified atom stereocenters. The van der Waals surface area contributed by atoms with E-state index in [0.717, 1.165) is 13.0 Å². The maximum atomic E-state index is 11.2. The van der Waals surface area contributed by atoms with E-state index in [1.54, 1.807) is 18.3 Å². The van der Waals surface area contributed by atoms with Crippen LogP contribution in [-0.4, -0.2) is 25.7 Å². The van der Waals surface area contributed by atoms with E-state index in [2.05, 4.69) is 28.7 Å². The van der Waals surface area contributed by atoms with Gasteiger partial charge in [0.25, 0.3) is 0 Å². The summed E-state index contributed by atoms with van der Waals surface area (Å²) in [6, 6.07) is 2.10. The lowest BCUT2D eigenvalue weighted by Crippen LogP contribution is -2.23. The minimum Gasteiger partial charge on any atom is -0.463 e. The lowest BCUT2D eigenvalue weighted by Gasteiger charge is -2.06. The van der Waals surface area contributed by atoms with Crippen molar-refractivity contribution >= 4 is 17.3 Å². The first-order valence-corrected chi connectivity index (χ1v) is 6.25. The molecule has 0 fully saturated rings. The Kier molecular flexibility index (Phi) is 5.82. The molecule has 0 aliphatic rings. The van der Waals surface area contributed by atoms with Gasteiger partial charge < -0.3 is 10.1 Å². The highest BCUT2D eigenvalue weighted by Gasteiger charge is 2.06. The van der Waals surface area contributed by atoms with Crippen molar-refractivity contribution in [2.24, 2.45) is 0 Å². The van der Waals surface area contributed by atoms with Crippen LogP contribution in [0, 0.1) is 0 Å². The molecule has 1 heterocycles. The van der Waals surface area contributed by atoms with Crippen molar-refractivity contribution in [3.05, 3.63) is 34.5 Å². The Morgan fingerprint density at radius 3 is 3.06 bits per heavy atom. The first-order valence-electron chi connectivity index (χ1n) is 5.30. The summed E-state index contributed by atoms with van der Waals surface area (Å²) in [4.78, 5) is 11.2. The van der Waals surface area contributed by atoms with Gasteiger partial charge in [0.1, 0.15) is 0 Å². The van der Waals surface area contributed by atoms with Gasteiger partial charge in [0.15, 0.2) is 0 Å². The second kappa shape index (κ2) is 7.19. The SMILES string of the molecule is C=C(CNCCc1ccsc1)C(=O)OCC. The summed E-state index contributed by atoms with van der Waals surface area (Å²) in [5.74, 6) is -0.314. The van der Waals surface area contributed by atoms with Crippen LogP contribution in [0.3, 0.4) is 0 Å². The van der Waals surface area contributed by atoms with E-state index in [1.165, 1.54) is 5.56 Å². The Balaban J connectivity index is 2.11. The lowest BCUT2D eigenvalue weighted by atomic mass is 10.2. The third-order valence-corrected chi connectivity index (χ3v) is 2.81. The van der Waals surface area contributed by atoms with E-state index in [4.69, 9.17) is 4.74 Å². The maximum Gasteiger partial charge on any atom is 0.334 e. The molecule has 88 valence electrons. The van der Waals surface area contributed by atoms with E-state index < -0.39 is 0 Å². The number of nitrogens with one attached hydrogen (secondary N) is 1. The zero-order valence-electron chi connectivity index (χ0n) is 9.49. The zero-order valence-corrected chi connectivity index (χ0v) is 10.3. The average Bonchev–Trinajstić information content (AvgIpc) is 2.77. The van der Waals surface area contributed by atoms with Crippen LogP contribution < -0.4 is 5.32 Å². The average molecular weight is 239 g/mol. The smallest absolute Gasteiger partial charge is 0.334 e. The second-order valence-corrected chi connectivity index (χ2v) is 4.16. The molecule has 0 saturated heterocycles. The fourth-order valence-corrected chi connectivity index (χ4v) is 1.92. The summed E-state index contributed by atoms with van der Waals surface area (Å²) in [6.45, 7) is 7.19. The van der Waals surface area contributed by atoms with Crippen molar-refractivity contribution in [1.29, 1.82) is 0 Å². The third kappa shape index (κ3) is 4.59. The van der Waals surface area contributed by atoms with E-state index >= 15 is 0 Å². The van der Waals surface area contributed by atoms with Crippen molar-refractivity contribution < 1.29 is 9.53 Å². The van der Waals surface area contributed by atoms with E-state index in [-0.39, 0.29) is 5.97 Å². The number of hydrogen-bond acceptors (Lipinski definition) is 4. The van der Waals surface area contributed by atoms with Crippen LogP contribution in [0.2, 0.25) is 0 Å². The molecule has 0 aliphatic carbocycles. The normalized spacial score (nSPS) is 10.1. The number of rotatable bonds is 7. The van der Waals surface area contributed by atoms with Crippen molar-refractivity contribution in [3.63, 3.8) is 0 Å². The van der Waals surface area contributed by atoms with Gasteiger partial charge in [-0.05, 0) is 42.3 Å². The molecule has 4 heteroatoms. The molecule has 0 radical (unpaired) electrons. The number of esters is 1. The van der Waals surface area contributed by atoms with Gasteiger partial charge in [-0.3, -0.25) is 0 Å². The molecule has 0 spiro atoms. The van der Waals surface area contributed by atoms with Gasteiger partial charge in [-0.15, -0.1) is 0 Å². The zero-order chi connectivity index (χ0) is 11.8. The fourth-order valence-electron chi connectivity index (χ4n) is 1.21. The summed E-state index contributed by atoms with van der Waals surface area (Å²) < 4.78 is 4.83. The highest BCUT2D eigenvalue weighted by molar-refractivity contribution is 7.07. The summed E-state index contributed by atoms with van der Waals surface area (Å²) in [7, 11) is 0. The van der Waals surface area contributed by atoms with Gasteiger partial charge in [0.05, 0.1) is 6.61 Å². The van der Waals surface area contributed by atoms with Gasteiger partial charge in [0, 0.05) is 12.1 Å². The first-order chi connectivity index (χ1) is 7.74. The molecule has 1 aromatic rings. The minimum atomic E-state index is -0.314. The molecule has 0 saturated carbocycles. The number of carbonyl (C=O) groups excluding carboxylic acids is 1. The van der Waals surface area contributed by atoms with Crippen LogP contribution >= 0.6 is 11.3 Å². The molecule has 0 atom stereocenters. The van der Waals surface area contributed by atoms with E-state index in [0.29, 0.717) is 18.7 Å². The Hall–Kier alpha value is -1.13. The van der Waals surface area contributed by atoms with Crippen LogP contribution in [0.5, 0.6) is 0 Å². The first kappa shape index (κ1) is 12.9. The molecule has 1 N–H and O–H groups in total. The Bertz CT molecular complexity index is 333. The Morgan fingerprint density at radius 1 is 1.62 bits per heavy atom. The van der Waals surface area contributed by atoms with Gasteiger partial charge >= 0.3 is 5.97 Å². The molecular weight excluding hydrogens is 222 g/mol. The van der Waals surface area contributed by atoms with Gasteiger partial charge in [0.2, 0.25) is 0 Å². The topological polar surface area (TPSA) is 38.3 Å². The van der Waals surface area contributed by atoms with Gasteiger partial charge in [-0.2, -0.15) is 11.3 Å². The van der Waals surface area contributed by atoms with Crippen molar-refractivity contribution in [3.8, 4) is 0 Å². The summed E-state index contributed by atoms with van der Waals surface area (Å²) in [5, 5.41) is 7.36. The number of carbonyl (C=O) groups is 1. The van der Waals surface area contributed by atoms with Crippen LogP contribution in [0.1, 0.15) is 12.5 Å². The standard InChI is InChI=1S/C12H17NO2S/c1-3-15-12(14)10(2)8-13-6-4-11-5-7-16-9-11/h5,7,9,13H,2-4,6,8H2,1H3. The van der Waals surface area contributed by atoms with Crippen LogP contribution in [0.4, 0.5) is 0 Å². The van der Waals surface area contributed by atoms with Crippen LogP contribution in [-0.2, 0) is 16.0 Å². The molecule has 3 nitrogen and oxygen atoms in total. The molecule has 0 bridgehead atoms. The highest BCUT2D eigenvalue weighted by atomic mass is 32.1. The van der Waals surface area contributed by atoms with Crippen molar-refractivity contribution in [2.75, 3.05) is 19.7 Å².